The van der Waals surface area contributed by atoms with E-state index in [1.54, 1.807) is 19.4 Å². The molecule has 1 N–H and O–H groups in total. The summed E-state index contributed by atoms with van der Waals surface area (Å²) < 4.78 is 55.9. The molecular weight excluding hydrogens is 501 g/mol. The number of aryl methyl sites for hydroxylation is 1. The number of nitrogens with zero attached hydrogens (tertiary/aromatic N) is 3. The van der Waals surface area contributed by atoms with E-state index >= 15 is 0 Å². The number of benzene rings is 1. The van der Waals surface area contributed by atoms with Gasteiger partial charge in [-0.1, -0.05) is 6.07 Å². The highest BCUT2D eigenvalue weighted by Gasteiger charge is 2.31. The van der Waals surface area contributed by atoms with E-state index in [0.29, 0.717) is 55.7 Å². The van der Waals surface area contributed by atoms with Gasteiger partial charge in [-0.15, -0.1) is 0 Å². The van der Waals surface area contributed by atoms with E-state index in [4.69, 9.17) is 14.2 Å². The van der Waals surface area contributed by atoms with Crippen LogP contribution < -0.4 is 15.0 Å². The van der Waals surface area contributed by atoms with E-state index in [2.05, 4.69) is 20.2 Å². The fourth-order valence-electron chi connectivity index (χ4n) is 4.10. The lowest BCUT2D eigenvalue weighted by Crippen LogP contribution is -2.37. The molecule has 1 aliphatic rings. The maximum atomic E-state index is 13.1. The Balaban J connectivity index is 1.63. The van der Waals surface area contributed by atoms with Crippen LogP contribution in [0.4, 0.5) is 24.5 Å². The number of carbonyl (C=O) groups is 1. The standard InChI is InChI=1S/C27H29F3N4O4/c1-17(16-36-3)38-26-24(34-7-9-37-10-8-34)12-20(14-32-26)23-13-22(15-31-18(23)2)33-25(35)19-5-4-6-21(11-19)27(28,29)30/h4-6,11-15,17H,7-10,16H2,1-3H3,(H,33,35). The van der Waals surface area contributed by atoms with Gasteiger partial charge in [0.1, 0.15) is 11.8 Å². The van der Waals surface area contributed by atoms with Crippen molar-refractivity contribution in [2.24, 2.45) is 0 Å². The van der Waals surface area contributed by atoms with Gasteiger partial charge in [0.05, 0.1) is 37.3 Å². The van der Waals surface area contributed by atoms with Gasteiger partial charge in [0, 0.05) is 48.8 Å². The Bertz CT molecular complexity index is 1280. The van der Waals surface area contributed by atoms with Crippen LogP contribution in [-0.4, -0.2) is 62.0 Å². The number of alkyl halides is 3. The van der Waals surface area contributed by atoms with Gasteiger partial charge >= 0.3 is 6.18 Å². The summed E-state index contributed by atoms with van der Waals surface area (Å²) in [5.74, 6) is -0.199. The van der Waals surface area contributed by atoms with Crippen LogP contribution in [0.2, 0.25) is 0 Å². The molecule has 0 aliphatic carbocycles. The number of rotatable bonds is 8. The Labute approximate surface area is 218 Å². The predicted molar refractivity (Wildman–Crippen MR) is 137 cm³/mol. The average molecular weight is 531 g/mol. The molecule has 4 rings (SSSR count). The normalized spacial score (nSPS) is 14.7. The smallest absolute Gasteiger partial charge is 0.416 e. The van der Waals surface area contributed by atoms with Crippen LogP contribution in [-0.2, 0) is 15.7 Å². The molecule has 0 radical (unpaired) electrons. The van der Waals surface area contributed by atoms with E-state index < -0.39 is 17.6 Å². The summed E-state index contributed by atoms with van der Waals surface area (Å²) in [6.45, 7) is 6.63. The van der Waals surface area contributed by atoms with Crippen molar-refractivity contribution in [2.75, 3.05) is 50.2 Å². The highest BCUT2D eigenvalue weighted by Crippen LogP contribution is 2.34. The number of anilines is 2. The minimum atomic E-state index is -4.54. The highest BCUT2D eigenvalue weighted by molar-refractivity contribution is 6.04. The summed E-state index contributed by atoms with van der Waals surface area (Å²) in [6, 6.07) is 7.95. The topological polar surface area (TPSA) is 85.8 Å². The van der Waals surface area contributed by atoms with Crippen molar-refractivity contribution in [2.45, 2.75) is 26.1 Å². The first-order valence-electron chi connectivity index (χ1n) is 12.1. The fraction of sp³-hybridized carbons (Fsp3) is 0.370. The average Bonchev–Trinajstić information content (AvgIpc) is 2.90. The van der Waals surface area contributed by atoms with Crippen LogP contribution in [0.15, 0.2) is 48.8 Å². The fourth-order valence-corrected chi connectivity index (χ4v) is 4.10. The Morgan fingerprint density at radius 3 is 2.63 bits per heavy atom. The minimum Gasteiger partial charge on any atom is -0.471 e. The summed E-state index contributed by atoms with van der Waals surface area (Å²) >= 11 is 0. The monoisotopic (exact) mass is 530 g/mol. The van der Waals surface area contributed by atoms with E-state index in [1.165, 1.54) is 18.3 Å². The van der Waals surface area contributed by atoms with Gasteiger partial charge in [0.25, 0.3) is 5.91 Å². The highest BCUT2D eigenvalue weighted by atomic mass is 19.4. The number of ether oxygens (including phenoxy) is 3. The quantitative estimate of drug-likeness (QED) is 0.440. The molecule has 1 fully saturated rings. The van der Waals surface area contributed by atoms with Crippen LogP contribution >= 0.6 is 0 Å². The summed E-state index contributed by atoms with van der Waals surface area (Å²) in [5, 5.41) is 2.65. The number of halogens is 3. The van der Waals surface area contributed by atoms with Crippen molar-refractivity contribution in [1.82, 2.24) is 9.97 Å². The summed E-state index contributed by atoms with van der Waals surface area (Å²) in [6.07, 6.45) is -1.63. The molecule has 3 aromatic rings. The number of carbonyl (C=O) groups excluding carboxylic acids is 1. The predicted octanol–water partition coefficient (Wildman–Crippen LogP) is 4.97. The number of methoxy groups -OCH3 is 1. The van der Waals surface area contributed by atoms with Crippen molar-refractivity contribution in [1.29, 1.82) is 0 Å². The first-order valence-corrected chi connectivity index (χ1v) is 12.1. The zero-order chi connectivity index (χ0) is 27.3. The summed E-state index contributed by atoms with van der Waals surface area (Å²) in [7, 11) is 1.61. The van der Waals surface area contributed by atoms with Crippen LogP contribution in [0.3, 0.4) is 0 Å². The molecule has 38 heavy (non-hydrogen) atoms. The molecule has 3 heterocycles. The lowest BCUT2D eigenvalue weighted by molar-refractivity contribution is -0.137. The lowest BCUT2D eigenvalue weighted by Gasteiger charge is -2.30. The van der Waals surface area contributed by atoms with Crippen molar-refractivity contribution < 1.29 is 32.2 Å². The maximum absolute atomic E-state index is 13.1. The molecule has 1 saturated heterocycles. The molecule has 202 valence electrons. The third-order valence-corrected chi connectivity index (χ3v) is 6.01. The van der Waals surface area contributed by atoms with Gasteiger partial charge in [-0.05, 0) is 44.2 Å². The third-order valence-electron chi connectivity index (χ3n) is 6.01. The largest absolute Gasteiger partial charge is 0.471 e. The molecular formula is C27H29F3N4O4. The van der Waals surface area contributed by atoms with Gasteiger partial charge in [-0.3, -0.25) is 9.78 Å². The van der Waals surface area contributed by atoms with Crippen LogP contribution in [0, 0.1) is 6.92 Å². The van der Waals surface area contributed by atoms with Gasteiger partial charge in [0.2, 0.25) is 5.88 Å². The summed E-state index contributed by atoms with van der Waals surface area (Å²) in [4.78, 5) is 23.8. The number of morpholine rings is 1. The molecule has 0 saturated carbocycles. The van der Waals surface area contributed by atoms with Crippen LogP contribution in [0.25, 0.3) is 11.1 Å². The second-order valence-electron chi connectivity index (χ2n) is 8.92. The number of hydrogen-bond acceptors (Lipinski definition) is 7. The van der Waals surface area contributed by atoms with Gasteiger partial charge in [0.15, 0.2) is 0 Å². The second-order valence-corrected chi connectivity index (χ2v) is 8.92. The Hall–Kier alpha value is -3.70. The zero-order valence-electron chi connectivity index (χ0n) is 21.3. The molecule has 1 aromatic carbocycles. The maximum Gasteiger partial charge on any atom is 0.416 e. The SMILES string of the molecule is COCC(C)Oc1ncc(-c2cc(NC(=O)c3cccc(C(F)(F)F)c3)cnc2C)cc1N1CCOCC1. The third kappa shape index (κ3) is 6.59. The molecule has 0 bridgehead atoms. The zero-order valence-corrected chi connectivity index (χ0v) is 21.3. The van der Waals surface area contributed by atoms with E-state index in [0.717, 1.165) is 23.4 Å². The van der Waals surface area contributed by atoms with Crippen molar-refractivity contribution >= 4 is 17.3 Å². The van der Waals surface area contributed by atoms with Gasteiger partial charge in [-0.2, -0.15) is 13.2 Å². The summed E-state index contributed by atoms with van der Waals surface area (Å²) in [5.41, 5.74) is 2.30. The number of nitrogens with one attached hydrogen (secondary N) is 1. The molecule has 2 aromatic heterocycles. The van der Waals surface area contributed by atoms with E-state index in [-0.39, 0.29) is 11.7 Å². The van der Waals surface area contributed by atoms with Crippen molar-refractivity contribution in [3.63, 3.8) is 0 Å². The molecule has 8 nitrogen and oxygen atoms in total. The first kappa shape index (κ1) is 27.3. The van der Waals surface area contributed by atoms with Crippen LogP contribution in [0.1, 0.15) is 28.5 Å². The van der Waals surface area contributed by atoms with Crippen molar-refractivity contribution in [3.8, 4) is 17.0 Å². The Morgan fingerprint density at radius 2 is 1.92 bits per heavy atom. The second kappa shape index (κ2) is 11.8. The number of pyridine rings is 2. The Morgan fingerprint density at radius 1 is 1.16 bits per heavy atom. The lowest BCUT2D eigenvalue weighted by atomic mass is 10.0. The van der Waals surface area contributed by atoms with E-state index in [9.17, 15) is 18.0 Å². The number of aromatic nitrogens is 2. The van der Waals surface area contributed by atoms with Gasteiger partial charge < -0.3 is 24.4 Å². The Kier molecular flexibility index (Phi) is 8.48. The molecule has 1 atom stereocenters. The molecule has 11 heteroatoms. The van der Waals surface area contributed by atoms with E-state index in [1.807, 2.05) is 19.9 Å². The van der Waals surface area contributed by atoms with Gasteiger partial charge in [-0.25, -0.2) is 4.98 Å². The van der Waals surface area contributed by atoms with Crippen molar-refractivity contribution in [3.05, 3.63) is 65.6 Å². The number of hydrogen-bond donors (Lipinski definition) is 1. The molecule has 0 spiro atoms. The van der Waals surface area contributed by atoms with Crippen LogP contribution in [0.5, 0.6) is 5.88 Å². The molecule has 1 amide bonds. The minimum absolute atomic E-state index is 0.107. The number of amides is 1. The molecule has 1 aliphatic heterocycles. The molecule has 1 unspecified atom stereocenters. The first-order chi connectivity index (χ1) is 18.2.